The van der Waals surface area contributed by atoms with E-state index >= 15 is 0 Å². The topological polar surface area (TPSA) is 104 Å². The number of para-hydroxylation sites is 2. The van der Waals surface area contributed by atoms with Crippen molar-refractivity contribution in [2.75, 3.05) is 30.3 Å². The van der Waals surface area contributed by atoms with E-state index < -0.39 is 0 Å². The number of rotatable bonds is 4. The Balaban J connectivity index is 1.41. The van der Waals surface area contributed by atoms with Crippen molar-refractivity contribution < 1.29 is 14.4 Å². The van der Waals surface area contributed by atoms with Crippen LogP contribution in [0.2, 0.25) is 0 Å². The lowest BCUT2D eigenvalue weighted by molar-refractivity contribution is -0.126. The van der Waals surface area contributed by atoms with Gasteiger partial charge in [-0.3, -0.25) is 9.59 Å². The minimum Gasteiger partial charge on any atom is -0.385 e. The molecule has 5 rings (SSSR count). The quantitative estimate of drug-likeness (QED) is 0.450. The fourth-order valence-electron chi connectivity index (χ4n) is 4.16. The maximum Gasteiger partial charge on any atom is 0.260 e. The van der Waals surface area contributed by atoms with Crippen LogP contribution < -0.4 is 21.3 Å². The van der Waals surface area contributed by atoms with Gasteiger partial charge in [0, 0.05) is 28.5 Å². The number of carbonyl (C=O) groups is 2. The zero-order chi connectivity index (χ0) is 21.2. The molecule has 1 saturated heterocycles. The normalized spacial score (nSPS) is 21.3. The third-order valence-corrected chi connectivity index (χ3v) is 5.66. The third-order valence-electron chi connectivity index (χ3n) is 5.66. The molecule has 0 bridgehead atoms. The Morgan fingerprint density at radius 3 is 2.45 bits per heavy atom. The number of anilines is 2. The summed E-state index contributed by atoms with van der Waals surface area (Å²) in [5.41, 5.74) is 4.81. The number of carbonyl (C=O) groups excluding carboxylic acids is 2. The molecule has 1 fully saturated rings. The molecule has 8 nitrogen and oxygen atoms in total. The van der Waals surface area contributed by atoms with Crippen LogP contribution in [0, 0.1) is 0 Å². The van der Waals surface area contributed by atoms with E-state index in [0.29, 0.717) is 17.0 Å². The molecule has 0 spiro atoms. The smallest absolute Gasteiger partial charge is 0.260 e. The standard InChI is InChI=1S/C23H23N5O3/c29-19(25-14-9-11-24-12-10-14)13-31-28-21-16-6-2-4-8-18(16)26-22(21)20-15-5-1-3-7-17(15)27-23(20)30/h1-8,14,24,26H,9-13H2,(H,25,29)(H,27,30)/b22-20-,28-21+. The van der Waals surface area contributed by atoms with E-state index in [4.69, 9.17) is 4.84 Å². The van der Waals surface area contributed by atoms with Crippen LogP contribution in [0.3, 0.4) is 0 Å². The fourth-order valence-corrected chi connectivity index (χ4v) is 4.16. The van der Waals surface area contributed by atoms with E-state index in [0.717, 1.165) is 48.4 Å². The Labute approximate surface area is 179 Å². The molecule has 0 saturated carbocycles. The molecule has 8 heteroatoms. The van der Waals surface area contributed by atoms with Gasteiger partial charge in [-0.2, -0.15) is 0 Å². The predicted octanol–water partition coefficient (Wildman–Crippen LogP) is 2.06. The summed E-state index contributed by atoms with van der Waals surface area (Å²) in [4.78, 5) is 30.5. The number of piperidine rings is 1. The van der Waals surface area contributed by atoms with Gasteiger partial charge in [0.15, 0.2) is 6.61 Å². The zero-order valence-electron chi connectivity index (χ0n) is 16.9. The maximum absolute atomic E-state index is 12.7. The van der Waals surface area contributed by atoms with Gasteiger partial charge in [0.1, 0.15) is 5.71 Å². The molecule has 2 aromatic rings. The first-order chi connectivity index (χ1) is 15.2. The van der Waals surface area contributed by atoms with Gasteiger partial charge in [0.2, 0.25) is 0 Å². The van der Waals surface area contributed by atoms with Crippen molar-refractivity contribution >= 4 is 34.5 Å². The minimum absolute atomic E-state index is 0.162. The molecule has 0 atom stereocenters. The summed E-state index contributed by atoms with van der Waals surface area (Å²) in [5.74, 6) is -0.401. The first kappa shape index (κ1) is 19.3. The highest BCUT2D eigenvalue weighted by Gasteiger charge is 2.34. The maximum atomic E-state index is 12.7. The molecule has 3 aliphatic rings. The largest absolute Gasteiger partial charge is 0.385 e. The Kier molecular flexibility index (Phi) is 5.13. The molecule has 3 heterocycles. The Morgan fingerprint density at radius 2 is 1.68 bits per heavy atom. The molecule has 0 aromatic heterocycles. The van der Waals surface area contributed by atoms with E-state index in [1.807, 2.05) is 48.5 Å². The molecule has 2 amide bonds. The Morgan fingerprint density at radius 1 is 1.00 bits per heavy atom. The first-order valence-corrected chi connectivity index (χ1v) is 10.4. The second-order valence-electron chi connectivity index (χ2n) is 7.73. The van der Waals surface area contributed by atoms with Gasteiger partial charge >= 0.3 is 0 Å². The molecule has 3 aliphatic heterocycles. The molecular formula is C23H23N5O3. The molecule has 31 heavy (non-hydrogen) atoms. The summed E-state index contributed by atoms with van der Waals surface area (Å²) in [5, 5.41) is 16.7. The number of nitrogens with one attached hydrogen (secondary N) is 4. The third kappa shape index (κ3) is 3.77. The molecule has 158 valence electrons. The van der Waals surface area contributed by atoms with Crippen molar-refractivity contribution in [3.8, 4) is 0 Å². The van der Waals surface area contributed by atoms with Gasteiger partial charge in [-0.05, 0) is 38.1 Å². The highest BCUT2D eigenvalue weighted by Crippen LogP contribution is 2.38. The molecule has 0 aliphatic carbocycles. The van der Waals surface area contributed by atoms with Crippen LogP contribution in [0.15, 0.2) is 59.4 Å². The number of hydrogen-bond donors (Lipinski definition) is 4. The first-order valence-electron chi connectivity index (χ1n) is 10.4. The van der Waals surface area contributed by atoms with E-state index in [1.165, 1.54) is 0 Å². The van der Waals surface area contributed by atoms with Gasteiger partial charge in [-0.15, -0.1) is 0 Å². The summed E-state index contributed by atoms with van der Waals surface area (Å²) >= 11 is 0. The summed E-state index contributed by atoms with van der Waals surface area (Å²) in [6.45, 7) is 1.62. The molecule has 2 aromatic carbocycles. The van der Waals surface area contributed by atoms with E-state index in [2.05, 4.69) is 26.4 Å². The van der Waals surface area contributed by atoms with Crippen LogP contribution in [0.1, 0.15) is 24.0 Å². The van der Waals surface area contributed by atoms with Crippen molar-refractivity contribution in [2.45, 2.75) is 18.9 Å². The van der Waals surface area contributed by atoms with Crippen LogP contribution in [-0.4, -0.2) is 43.3 Å². The monoisotopic (exact) mass is 417 g/mol. The van der Waals surface area contributed by atoms with E-state index in [1.54, 1.807) is 0 Å². The summed E-state index contributed by atoms with van der Waals surface area (Å²) in [7, 11) is 0. The molecule has 0 unspecified atom stereocenters. The SMILES string of the molecule is O=C(CO/N=C1/C(=C2/C(=O)Nc3ccccc32)Nc2ccccc21)NC1CCNCC1. The van der Waals surface area contributed by atoms with Crippen LogP contribution in [-0.2, 0) is 14.4 Å². The molecule has 4 N–H and O–H groups in total. The average molecular weight is 417 g/mol. The minimum atomic E-state index is -0.201. The number of allylic oxidation sites excluding steroid dienone is 1. The summed E-state index contributed by atoms with van der Waals surface area (Å²) in [6.07, 6.45) is 1.81. The number of benzene rings is 2. The van der Waals surface area contributed by atoms with Gasteiger partial charge in [-0.25, -0.2) is 0 Å². The van der Waals surface area contributed by atoms with Crippen LogP contribution in [0.25, 0.3) is 5.57 Å². The van der Waals surface area contributed by atoms with Gasteiger partial charge in [-0.1, -0.05) is 41.6 Å². The Bertz CT molecular complexity index is 1100. The average Bonchev–Trinajstić information content (AvgIpc) is 3.31. The molecule has 0 radical (unpaired) electrons. The van der Waals surface area contributed by atoms with Crippen LogP contribution in [0.5, 0.6) is 0 Å². The number of fused-ring (bicyclic) bond motifs is 2. The lowest BCUT2D eigenvalue weighted by Gasteiger charge is -2.23. The van der Waals surface area contributed by atoms with E-state index in [-0.39, 0.29) is 24.5 Å². The number of amides is 2. The number of oxime groups is 1. The van der Waals surface area contributed by atoms with Crippen LogP contribution >= 0.6 is 0 Å². The van der Waals surface area contributed by atoms with Gasteiger partial charge in [0.05, 0.1) is 11.3 Å². The highest BCUT2D eigenvalue weighted by atomic mass is 16.6. The zero-order valence-corrected chi connectivity index (χ0v) is 16.9. The summed E-state index contributed by atoms with van der Waals surface area (Å²) < 4.78 is 0. The van der Waals surface area contributed by atoms with E-state index in [9.17, 15) is 9.59 Å². The fraction of sp³-hybridized carbons (Fsp3) is 0.261. The van der Waals surface area contributed by atoms with Crippen molar-refractivity contribution in [3.63, 3.8) is 0 Å². The number of hydrogen-bond acceptors (Lipinski definition) is 6. The van der Waals surface area contributed by atoms with Crippen molar-refractivity contribution in [1.82, 2.24) is 10.6 Å². The lowest BCUT2D eigenvalue weighted by Crippen LogP contribution is -2.43. The van der Waals surface area contributed by atoms with Crippen molar-refractivity contribution in [1.29, 1.82) is 0 Å². The highest BCUT2D eigenvalue weighted by molar-refractivity contribution is 6.39. The van der Waals surface area contributed by atoms with Crippen molar-refractivity contribution in [3.05, 3.63) is 65.4 Å². The summed E-state index contributed by atoms with van der Waals surface area (Å²) in [6, 6.07) is 15.3. The lowest BCUT2D eigenvalue weighted by atomic mass is 10.0. The van der Waals surface area contributed by atoms with Crippen molar-refractivity contribution in [2.24, 2.45) is 5.16 Å². The van der Waals surface area contributed by atoms with Gasteiger partial charge in [0.25, 0.3) is 11.8 Å². The van der Waals surface area contributed by atoms with Gasteiger partial charge < -0.3 is 26.1 Å². The number of nitrogens with zero attached hydrogens (tertiary/aromatic N) is 1. The van der Waals surface area contributed by atoms with Crippen LogP contribution in [0.4, 0.5) is 11.4 Å². The predicted molar refractivity (Wildman–Crippen MR) is 119 cm³/mol. The Hall–Kier alpha value is -3.65. The second-order valence-corrected chi connectivity index (χ2v) is 7.73. The molecular weight excluding hydrogens is 394 g/mol. The second kappa shape index (κ2) is 8.23.